The summed E-state index contributed by atoms with van der Waals surface area (Å²) >= 11 is 0. The van der Waals surface area contributed by atoms with Crippen molar-refractivity contribution in [1.82, 2.24) is 0 Å². The van der Waals surface area contributed by atoms with Crippen molar-refractivity contribution in [2.75, 3.05) is 13.2 Å². The third-order valence-corrected chi connectivity index (χ3v) is 4.77. The molecule has 4 atom stereocenters. The van der Waals surface area contributed by atoms with Crippen molar-refractivity contribution in [3.8, 4) is 0 Å². The van der Waals surface area contributed by atoms with Gasteiger partial charge in [-0.05, 0) is 49.9 Å². The van der Waals surface area contributed by atoms with E-state index >= 15 is 0 Å². The number of hydrogen-bond donors (Lipinski definition) is 1. The molecule has 104 valence electrons. The Balaban J connectivity index is 1.62. The average Bonchev–Trinajstić information content (AvgIpc) is 2.98. The summed E-state index contributed by atoms with van der Waals surface area (Å²) in [5.74, 6) is 2.32. The van der Waals surface area contributed by atoms with Gasteiger partial charge in [-0.1, -0.05) is 19.8 Å². The van der Waals surface area contributed by atoms with E-state index in [0.29, 0.717) is 12.5 Å². The van der Waals surface area contributed by atoms with Crippen molar-refractivity contribution in [3.05, 3.63) is 0 Å². The maximum absolute atomic E-state index is 11.8. The molecule has 2 bridgehead atoms. The lowest BCUT2D eigenvalue weighted by atomic mass is 9.89. The number of aliphatic hydroxyl groups is 1. The summed E-state index contributed by atoms with van der Waals surface area (Å²) in [5, 5.41) is 8.71. The van der Waals surface area contributed by atoms with Crippen LogP contribution in [0.2, 0.25) is 0 Å². The van der Waals surface area contributed by atoms with E-state index in [1.807, 2.05) is 6.92 Å². The Morgan fingerprint density at radius 2 is 2.17 bits per heavy atom. The fourth-order valence-electron chi connectivity index (χ4n) is 3.59. The summed E-state index contributed by atoms with van der Waals surface area (Å²) in [7, 11) is 0. The first kappa shape index (κ1) is 13.9. The van der Waals surface area contributed by atoms with Gasteiger partial charge in [0, 0.05) is 6.61 Å². The van der Waals surface area contributed by atoms with Gasteiger partial charge in [-0.3, -0.25) is 4.79 Å². The van der Waals surface area contributed by atoms with Crippen LogP contribution >= 0.6 is 0 Å². The molecule has 0 aromatic rings. The van der Waals surface area contributed by atoms with Crippen LogP contribution in [0, 0.1) is 23.7 Å². The fourth-order valence-corrected chi connectivity index (χ4v) is 3.59. The normalized spacial score (nSPS) is 31.6. The summed E-state index contributed by atoms with van der Waals surface area (Å²) in [6, 6.07) is 0. The van der Waals surface area contributed by atoms with Crippen LogP contribution in [0.25, 0.3) is 0 Å². The van der Waals surface area contributed by atoms with Crippen molar-refractivity contribution in [1.29, 1.82) is 0 Å². The zero-order chi connectivity index (χ0) is 13.0. The molecule has 1 N–H and O–H groups in total. The predicted octanol–water partition coefficient (Wildman–Crippen LogP) is 2.76. The summed E-state index contributed by atoms with van der Waals surface area (Å²) in [4.78, 5) is 11.8. The van der Waals surface area contributed by atoms with E-state index in [2.05, 4.69) is 0 Å². The van der Waals surface area contributed by atoms with Crippen molar-refractivity contribution < 1.29 is 14.6 Å². The SMILES string of the molecule is CC(CCCCO)C(=O)OCC1CC2CCC1C2. The largest absolute Gasteiger partial charge is 0.465 e. The Hall–Kier alpha value is -0.570. The molecule has 2 saturated carbocycles. The number of ether oxygens (including phenoxy) is 1. The van der Waals surface area contributed by atoms with Crippen LogP contribution in [0.5, 0.6) is 0 Å². The van der Waals surface area contributed by atoms with Crippen molar-refractivity contribution >= 4 is 5.97 Å². The number of rotatable bonds is 7. The van der Waals surface area contributed by atoms with Gasteiger partial charge in [0.1, 0.15) is 0 Å². The van der Waals surface area contributed by atoms with Gasteiger partial charge in [0.2, 0.25) is 0 Å². The summed E-state index contributed by atoms with van der Waals surface area (Å²) in [6.45, 7) is 2.79. The Morgan fingerprint density at radius 1 is 1.33 bits per heavy atom. The zero-order valence-corrected chi connectivity index (χ0v) is 11.4. The van der Waals surface area contributed by atoms with Crippen molar-refractivity contribution in [2.45, 2.75) is 51.9 Å². The molecular weight excluding hydrogens is 228 g/mol. The first-order valence-corrected chi connectivity index (χ1v) is 7.48. The summed E-state index contributed by atoms with van der Waals surface area (Å²) in [5.41, 5.74) is 0. The van der Waals surface area contributed by atoms with Crippen molar-refractivity contribution in [3.63, 3.8) is 0 Å². The molecule has 2 aliphatic carbocycles. The predicted molar refractivity (Wildman–Crippen MR) is 70.0 cm³/mol. The van der Waals surface area contributed by atoms with Crippen LogP contribution in [-0.4, -0.2) is 24.3 Å². The topological polar surface area (TPSA) is 46.5 Å². The quantitative estimate of drug-likeness (QED) is 0.561. The molecule has 2 fully saturated rings. The highest BCUT2D eigenvalue weighted by Gasteiger charge is 2.39. The lowest BCUT2D eigenvalue weighted by Gasteiger charge is -2.22. The molecule has 0 radical (unpaired) electrons. The van der Waals surface area contributed by atoms with Crippen LogP contribution in [-0.2, 0) is 9.53 Å². The second kappa shape index (κ2) is 6.55. The number of fused-ring (bicyclic) bond motifs is 2. The smallest absolute Gasteiger partial charge is 0.308 e. The summed E-state index contributed by atoms with van der Waals surface area (Å²) in [6.07, 6.45) is 7.90. The van der Waals surface area contributed by atoms with Gasteiger partial charge < -0.3 is 9.84 Å². The Morgan fingerprint density at radius 3 is 2.78 bits per heavy atom. The molecule has 4 unspecified atom stereocenters. The third kappa shape index (κ3) is 3.47. The second-order valence-corrected chi connectivity index (χ2v) is 6.19. The number of carbonyl (C=O) groups is 1. The molecule has 2 aliphatic rings. The van der Waals surface area contributed by atoms with Crippen molar-refractivity contribution in [2.24, 2.45) is 23.7 Å². The molecule has 0 aliphatic heterocycles. The molecular formula is C15H26O3. The lowest BCUT2D eigenvalue weighted by molar-refractivity contribution is -0.150. The number of hydrogen-bond acceptors (Lipinski definition) is 3. The molecule has 0 saturated heterocycles. The van der Waals surface area contributed by atoms with E-state index in [0.717, 1.165) is 31.1 Å². The van der Waals surface area contributed by atoms with E-state index in [4.69, 9.17) is 9.84 Å². The first-order chi connectivity index (χ1) is 8.70. The molecule has 0 aromatic carbocycles. The van der Waals surface area contributed by atoms with E-state index in [9.17, 15) is 4.79 Å². The van der Waals surface area contributed by atoms with Crippen LogP contribution in [0.4, 0.5) is 0 Å². The van der Waals surface area contributed by atoms with Gasteiger partial charge in [-0.2, -0.15) is 0 Å². The van der Waals surface area contributed by atoms with Gasteiger partial charge in [-0.25, -0.2) is 0 Å². The van der Waals surface area contributed by atoms with Gasteiger partial charge in [0.05, 0.1) is 12.5 Å². The maximum atomic E-state index is 11.8. The monoisotopic (exact) mass is 254 g/mol. The Kier molecular flexibility index (Phi) is 5.04. The molecule has 18 heavy (non-hydrogen) atoms. The molecule has 0 spiro atoms. The Bertz CT molecular complexity index is 277. The second-order valence-electron chi connectivity index (χ2n) is 6.19. The highest BCUT2D eigenvalue weighted by Crippen LogP contribution is 2.48. The van der Waals surface area contributed by atoms with E-state index in [1.54, 1.807) is 0 Å². The minimum atomic E-state index is -0.0456. The lowest BCUT2D eigenvalue weighted by Crippen LogP contribution is -2.22. The van der Waals surface area contributed by atoms with Crippen LogP contribution < -0.4 is 0 Å². The number of unbranched alkanes of at least 4 members (excludes halogenated alkanes) is 1. The first-order valence-electron chi connectivity index (χ1n) is 7.48. The highest BCUT2D eigenvalue weighted by molar-refractivity contribution is 5.71. The average molecular weight is 254 g/mol. The zero-order valence-electron chi connectivity index (χ0n) is 11.4. The van der Waals surface area contributed by atoms with Gasteiger partial charge in [0.25, 0.3) is 0 Å². The van der Waals surface area contributed by atoms with Crippen LogP contribution in [0.3, 0.4) is 0 Å². The Labute approximate surface area is 110 Å². The molecule has 0 amide bonds. The van der Waals surface area contributed by atoms with Gasteiger partial charge in [-0.15, -0.1) is 0 Å². The minimum Gasteiger partial charge on any atom is -0.465 e. The van der Waals surface area contributed by atoms with E-state index in [1.165, 1.54) is 25.7 Å². The van der Waals surface area contributed by atoms with Gasteiger partial charge >= 0.3 is 5.97 Å². The molecule has 2 rings (SSSR count). The highest BCUT2D eigenvalue weighted by atomic mass is 16.5. The molecule has 0 heterocycles. The maximum Gasteiger partial charge on any atom is 0.308 e. The van der Waals surface area contributed by atoms with Crippen LogP contribution in [0.15, 0.2) is 0 Å². The molecule has 0 aromatic heterocycles. The van der Waals surface area contributed by atoms with Gasteiger partial charge in [0.15, 0.2) is 0 Å². The molecule has 3 nitrogen and oxygen atoms in total. The number of esters is 1. The molecule has 3 heteroatoms. The van der Waals surface area contributed by atoms with E-state index < -0.39 is 0 Å². The third-order valence-electron chi connectivity index (χ3n) is 4.77. The minimum absolute atomic E-state index is 0.0184. The number of aliphatic hydroxyl groups excluding tert-OH is 1. The number of carbonyl (C=O) groups excluding carboxylic acids is 1. The van der Waals surface area contributed by atoms with E-state index in [-0.39, 0.29) is 18.5 Å². The van der Waals surface area contributed by atoms with Crippen LogP contribution in [0.1, 0.15) is 51.9 Å². The standard InChI is InChI=1S/C15H26O3/c1-11(4-2-3-7-16)15(17)18-10-14-9-12-5-6-13(14)8-12/h11-14,16H,2-10H2,1H3. The summed E-state index contributed by atoms with van der Waals surface area (Å²) < 4.78 is 5.47. The fraction of sp³-hybridized carbons (Fsp3) is 0.933.